The molecule has 12 heteroatoms. The summed E-state index contributed by atoms with van der Waals surface area (Å²) >= 11 is 0. The molecule has 3 amide bonds. The van der Waals surface area contributed by atoms with Crippen molar-refractivity contribution in [3.63, 3.8) is 0 Å². The fourth-order valence-electron chi connectivity index (χ4n) is 2.52. The number of aliphatic carboxylic acids is 1. The van der Waals surface area contributed by atoms with Gasteiger partial charge in [-0.05, 0) is 12.8 Å². The van der Waals surface area contributed by atoms with Crippen molar-refractivity contribution < 1.29 is 29.4 Å². The molecule has 0 saturated heterocycles. The average Bonchev–Trinajstić information content (AvgIpc) is 3.21. The lowest BCUT2D eigenvalue weighted by molar-refractivity contribution is -0.142. The fourth-order valence-corrected chi connectivity index (χ4v) is 2.52. The number of aliphatic hydroxyl groups is 1. The van der Waals surface area contributed by atoms with Gasteiger partial charge in [-0.25, -0.2) is 4.98 Å². The first-order valence-electron chi connectivity index (χ1n) is 9.58. The third kappa shape index (κ3) is 7.44. The molecule has 1 heterocycles. The normalized spacial score (nSPS) is 15.9. The molecule has 5 unspecified atom stereocenters. The molecule has 30 heavy (non-hydrogen) atoms. The SMILES string of the molecule is CCC(C)C(NC(=O)C(CO)NC(=O)C(N)Cc1cnc[nH]1)C(=O)NC(C)C(=O)O. The summed E-state index contributed by atoms with van der Waals surface area (Å²) < 4.78 is 0. The van der Waals surface area contributed by atoms with Gasteiger partial charge in [0.2, 0.25) is 17.7 Å². The maximum atomic E-state index is 12.6. The molecule has 0 spiro atoms. The summed E-state index contributed by atoms with van der Waals surface area (Å²) in [4.78, 5) is 54.9. The van der Waals surface area contributed by atoms with E-state index < -0.39 is 54.5 Å². The van der Waals surface area contributed by atoms with E-state index in [-0.39, 0.29) is 12.3 Å². The molecule has 0 bridgehead atoms. The van der Waals surface area contributed by atoms with Gasteiger partial charge in [0.05, 0.1) is 19.0 Å². The van der Waals surface area contributed by atoms with Crippen LogP contribution in [0.4, 0.5) is 0 Å². The Balaban J connectivity index is 2.77. The summed E-state index contributed by atoms with van der Waals surface area (Å²) in [5.41, 5.74) is 6.45. The van der Waals surface area contributed by atoms with Crippen molar-refractivity contribution in [2.45, 2.75) is 57.8 Å². The van der Waals surface area contributed by atoms with E-state index in [1.165, 1.54) is 19.4 Å². The maximum Gasteiger partial charge on any atom is 0.325 e. The minimum Gasteiger partial charge on any atom is -0.480 e. The summed E-state index contributed by atoms with van der Waals surface area (Å²) in [7, 11) is 0. The Kier molecular flexibility index (Phi) is 9.92. The molecule has 0 aliphatic rings. The van der Waals surface area contributed by atoms with Crippen molar-refractivity contribution in [1.29, 1.82) is 0 Å². The predicted molar refractivity (Wildman–Crippen MR) is 106 cm³/mol. The molecule has 0 aromatic carbocycles. The second-order valence-corrected chi connectivity index (χ2v) is 7.07. The van der Waals surface area contributed by atoms with Crippen LogP contribution in [0.3, 0.4) is 0 Å². The maximum absolute atomic E-state index is 12.6. The number of amides is 3. The molecule has 0 radical (unpaired) electrons. The van der Waals surface area contributed by atoms with E-state index in [0.29, 0.717) is 12.1 Å². The first-order chi connectivity index (χ1) is 14.1. The first kappa shape index (κ1) is 25.0. The quantitative estimate of drug-likeness (QED) is 0.196. The van der Waals surface area contributed by atoms with Gasteiger partial charge in [-0.15, -0.1) is 0 Å². The Labute approximate surface area is 174 Å². The molecule has 8 N–H and O–H groups in total. The summed E-state index contributed by atoms with van der Waals surface area (Å²) in [6.45, 7) is 4.10. The van der Waals surface area contributed by atoms with Crippen molar-refractivity contribution in [3.05, 3.63) is 18.2 Å². The second-order valence-electron chi connectivity index (χ2n) is 7.07. The van der Waals surface area contributed by atoms with Crippen LogP contribution < -0.4 is 21.7 Å². The smallest absolute Gasteiger partial charge is 0.325 e. The molecule has 0 aliphatic carbocycles. The van der Waals surface area contributed by atoms with Gasteiger partial charge in [-0.2, -0.15) is 0 Å². The number of H-pyrrole nitrogens is 1. The molecule has 0 saturated carbocycles. The Bertz CT molecular complexity index is 725. The molecular formula is C18H30N6O6. The highest BCUT2D eigenvalue weighted by Crippen LogP contribution is 2.09. The highest BCUT2D eigenvalue weighted by atomic mass is 16.4. The van der Waals surface area contributed by atoms with Crippen LogP contribution in [-0.2, 0) is 25.6 Å². The van der Waals surface area contributed by atoms with Crippen LogP contribution in [-0.4, -0.2) is 74.6 Å². The summed E-state index contributed by atoms with van der Waals surface area (Å²) in [5.74, 6) is -3.67. The van der Waals surface area contributed by atoms with Crippen molar-refractivity contribution >= 4 is 23.7 Å². The summed E-state index contributed by atoms with van der Waals surface area (Å²) in [5, 5.41) is 25.6. The number of hydrogen-bond donors (Lipinski definition) is 7. The summed E-state index contributed by atoms with van der Waals surface area (Å²) in [6.07, 6.45) is 3.62. The average molecular weight is 426 g/mol. The lowest BCUT2D eigenvalue weighted by Crippen LogP contribution is -2.59. The molecule has 168 valence electrons. The van der Waals surface area contributed by atoms with Crippen LogP contribution in [0.25, 0.3) is 0 Å². The van der Waals surface area contributed by atoms with Gasteiger partial charge in [0.1, 0.15) is 18.1 Å². The Morgan fingerprint density at radius 1 is 1.13 bits per heavy atom. The van der Waals surface area contributed by atoms with Crippen LogP contribution >= 0.6 is 0 Å². The zero-order chi connectivity index (χ0) is 22.8. The molecule has 0 aliphatic heterocycles. The van der Waals surface area contributed by atoms with Gasteiger partial charge in [-0.1, -0.05) is 20.3 Å². The van der Waals surface area contributed by atoms with Crippen LogP contribution in [0.5, 0.6) is 0 Å². The van der Waals surface area contributed by atoms with Gasteiger partial charge in [-0.3, -0.25) is 19.2 Å². The van der Waals surface area contributed by atoms with E-state index >= 15 is 0 Å². The minimum absolute atomic E-state index is 0.149. The number of hydrogen-bond acceptors (Lipinski definition) is 7. The summed E-state index contributed by atoms with van der Waals surface area (Å²) in [6, 6.07) is -4.51. The van der Waals surface area contributed by atoms with Gasteiger partial charge in [0.25, 0.3) is 0 Å². The Morgan fingerprint density at radius 2 is 1.80 bits per heavy atom. The van der Waals surface area contributed by atoms with E-state index in [4.69, 9.17) is 10.8 Å². The standard InChI is InChI=1S/C18H30N6O6/c1-4-9(2)14(17(28)22-10(3)18(29)30)24-16(27)13(7-25)23-15(26)12(19)5-11-6-20-8-21-11/h6,8-10,12-14,25H,4-5,7,19H2,1-3H3,(H,20,21)(H,22,28)(H,23,26)(H,24,27)(H,29,30). The number of carboxylic acids is 1. The zero-order valence-corrected chi connectivity index (χ0v) is 17.2. The number of nitrogens with zero attached hydrogens (tertiary/aromatic N) is 1. The highest BCUT2D eigenvalue weighted by Gasteiger charge is 2.31. The number of carbonyl (C=O) groups is 4. The Hall–Kier alpha value is -2.99. The fraction of sp³-hybridized carbons (Fsp3) is 0.611. The van der Waals surface area contributed by atoms with Gasteiger partial charge in [0.15, 0.2) is 0 Å². The molecular weight excluding hydrogens is 396 g/mol. The monoisotopic (exact) mass is 426 g/mol. The largest absolute Gasteiger partial charge is 0.480 e. The molecule has 5 atom stereocenters. The third-order valence-corrected chi connectivity index (χ3v) is 4.67. The molecule has 12 nitrogen and oxygen atoms in total. The Morgan fingerprint density at radius 3 is 2.30 bits per heavy atom. The van der Waals surface area contributed by atoms with E-state index in [1.807, 2.05) is 0 Å². The van der Waals surface area contributed by atoms with E-state index in [0.717, 1.165) is 0 Å². The van der Waals surface area contributed by atoms with Crippen LogP contribution in [0.15, 0.2) is 12.5 Å². The van der Waals surface area contributed by atoms with Crippen molar-refractivity contribution in [2.75, 3.05) is 6.61 Å². The third-order valence-electron chi connectivity index (χ3n) is 4.67. The number of aromatic amines is 1. The second kappa shape index (κ2) is 11.9. The van der Waals surface area contributed by atoms with Crippen LogP contribution in [0, 0.1) is 5.92 Å². The van der Waals surface area contributed by atoms with Crippen molar-refractivity contribution in [2.24, 2.45) is 11.7 Å². The van der Waals surface area contributed by atoms with Crippen LogP contribution in [0.1, 0.15) is 32.9 Å². The first-order valence-corrected chi connectivity index (χ1v) is 9.58. The number of nitrogens with two attached hydrogens (primary N) is 1. The molecule has 1 aromatic rings. The number of rotatable bonds is 12. The number of imidazole rings is 1. The molecule has 0 fully saturated rings. The minimum atomic E-state index is -1.33. The lowest BCUT2D eigenvalue weighted by Gasteiger charge is -2.27. The van der Waals surface area contributed by atoms with E-state index in [2.05, 4.69) is 25.9 Å². The number of nitrogens with one attached hydrogen (secondary N) is 4. The number of carboxylic acid groups (broad SMARTS) is 1. The van der Waals surface area contributed by atoms with E-state index in [9.17, 15) is 24.3 Å². The van der Waals surface area contributed by atoms with Crippen LogP contribution in [0.2, 0.25) is 0 Å². The number of carbonyl (C=O) groups excluding carboxylic acids is 3. The topological polar surface area (TPSA) is 200 Å². The van der Waals surface area contributed by atoms with E-state index in [1.54, 1.807) is 13.8 Å². The highest BCUT2D eigenvalue weighted by molar-refractivity contribution is 5.94. The predicted octanol–water partition coefficient (Wildman–Crippen LogP) is -2.12. The zero-order valence-electron chi connectivity index (χ0n) is 17.2. The van der Waals surface area contributed by atoms with Gasteiger partial charge in [0, 0.05) is 18.3 Å². The lowest BCUT2D eigenvalue weighted by atomic mass is 9.97. The number of aromatic nitrogens is 2. The van der Waals surface area contributed by atoms with Crippen molar-refractivity contribution in [1.82, 2.24) is 25.9 Å². The molecule has 1 rings (SSSR count). The number of aliphatic hydroxyl groups excluding tert-OH is 1. The van der Waals surface area contributed by atoms with Gasteiger partial charge < -0.3 is 36.9 Å². The molecule has 1 aromatic heterocycles. The van der Waals surface area contributed by atoms with Crippen molar-refractivity contribution in [3.8, 4) is 0 Å². The van der Waals surface area contributed by atoms with Gasteiger partial charge >= 0.3 is 5.97 Å².